The van der Waals surface area contributed by atoms with Gasteiger partial charge in [0.2, 0.25) is 10.0 Å². The molecule has 8 heteroatoms. The van der Waals surface area contributed by atoms with E-state index in [9.17, 15) is 8.42 Å². The van der Waals surface area contributed by atoms with Crippen molar-refractivity contribution in [2.24, 2.45) is 0 Å². The fourth-order valence-electron chi connectivity index (χ4n) is 2.52. The van der Waals surface area contributed by atoms with E-state index < -0.39 is 15.6 Å². The number of benzene rings is 1. The van der Waals surface area contributed by atoms with Gasteiger partial charge in [-0.1, -0.05) is 6.07 Å². The van der Waals surface area contributed by atoms with E-state index in [1.807, 2.05) is 13.8 Å². The summed E-state index contributed by atoms with van der Waals surface area (Å²) in [5, 5.41) is 3.23. The molecule has 0 amide bonds. The Kier molecular flexibility index (Phi) is 3.28. The van der Waals surface area contributed by atoms with Crippen molar-refractivity contribution in [1.82, 2.24) is 18.4 Å². The number of nitrogens with zero attached hydrogens (tertiary/aromatic N) is 3. The Labute approximate surface area is 122 Å². The van der Waals surface area contributed by atoms with Crippen LogP contribution in [-0.4, -0.2) is 46.6 Å². The van der Waals surface area contributed by atoms with Crippen molar-refractivity contribution in [3.63, 3.8) is 0 Å². The van der Waals surface area contributed by atoms with Gasteiger partial charge in [-0.05, 0) is 26.0 Å². The molecule has 108 valence electrons. The highest BCUT2D eigenvalue weighted by Gasteiger charge is 2.39. The first kappa shape index (κ1) is 13.9. The van der Waals surface area contributed by atoms with Crippen LogP contribution in [0.5, 0.6) is 0 Å². The monoisotopic (exact) mass is 312 g/mol. The second-order valence-corrected chi connectivity index (χ2v) is 7.81. The molecule has 1 aromatic carbocycles. The van der Waals surface area contributed by atoms with Gasteiger partial charge in [-0.15, -0.1) is 0 Å². The van der Waals surface area contributed by atoms with E-state index in [4.69, 9.17) is 0 Å². The average molecular weight is 312 g/mol. The van der Waals surface area contributed by atoms with E-state index in [0.717, 1.165) is 11.7 Å². The largest absolute Gasteiger partial charge is 0.314 e. The summed E-state index contributed by atoms with van der Waals surface area (Å²) in [7, 11) is -3.57. The first-order valence-electron chi connectivity index (χ1n) is 6.38. The molecule has 0 saturated carbocycles. The molecule has 0 spiro atoms. The summed E-state index contributed by atoms with van der Waals surface area (Å²) in [5.74, 6) is 0. The van der Waals surface area contributed by atoms with Crippen molar-refractivity contribution in [2.45, 2.75) is 24.3 Å². The van der Waals surface area contributed by atoms with E-state index >= 15 is 0 Å². The molecule has 1 N–H and O–H groups in total. The zero-order valence-corrected chi connectivity index (χ0v) is 13.0. The Morgan fingerprint density at radius 2 is 2.15 bits per heavy atom. The van der Waals surface area contributed by atoms with Crippen molar-refractivity contribution in [3.8, 4) is 0 Å². The topological polar surface area (TPSA) is 75.2 Å². The Hall–Kier alpha value is -1.09. The molecule has 0 bridgehead atoms. The third-order valence-electron chi connectivity index (χ3n) is 3.54. The lowest BCUT2D eigenvalue weighted by molar-refractivity contribution is 0.186. The van der Waals surface area contributed by atoms with Crippen LogP contribution in [0.3, 0.4) is 0 Å². The minimum atomic E-state index is -3.57. The Morgan fingerprint density at radius 1 is 1.35 bits per heavy atom. The molecule has 1 fully saturated rings. The Bertz CT molecular complexity index is 739. The molecule has 2 aromatic rings. The molecule has 1 aliphatic rings. The molecule has 0 aliphatic carbocycles. The molecule has 1 saturated heterocycles. The van der Waals surface area contributed by atoms with Crippen LogP contribution in [-0.2, 0) is 10.0 Å². The molecular weight excluding hydrogens is 296 g/mol. The van der Waals surface area contributed by atoms with Crippen molar-refractivity contribution in [3.05, 3.63) is 18.2 Å². The van der Waals surface area contributed by atoms with Gasteiger partial charge in [0, 0.05) is 25.2 Å². The molecule has 3 rings (SSSR count). The number of hydrogen-bond donors (Lipinski definition) is 1. The molecule has 6 nitrogen and oxygen atoms in total. The Morgan fingerprint density at radius 3 is 2.90 bits per heavy atom. The summed E-state index contributed by atoms with van der Waals surface area (Å²) in [4.78, 5) is 0.249. The predicted molar refractivity (Wildman–Crippen MR) is 78.3 cm³/mol. The molecule has 0 unspecified atom stereocenters. The van der Waals surface area contributed by atoms with Crippen molar-refractivity contribution in [2.75, 3.05) is 19.6 Å². The number of sulfonamides is 1. The second kappa shape index (κ2) is 4.73. The zero-order valence-electron chi connectivity index (χ0n) is 11.3. The highest BCUT2D eigenvalue weighted by Crippen LogP contribution is 2.29. The fraction of sp³-hybridized carbons (Fsp3) is 0.500. The predicted octanol–water partition coefficient (Wildman–Crippen LogP) is 1.06. The lowest BCUT2D eigenvalue weighted by Gasteiger charge is -2.41. The lowest BCUT2D eigenvalue weighted by atomic mass is 10.0. The first-order chi connectivity index (χ1) is 9.43. The molecule has 1 aromatic heterocycles. The van der Waals surface area contributed by atoms with Gasteiger partial charge >= 0.3 is 0 Å². The standard InChI is InChI=1S/C12H16N4O2S2/c1-12(2)8-13-6-7-16(12)20(17,18)10-5-3-4-9-11(10)15-19-14-9/h3-5,13H,6-8H2,1-2H3. The van der Waals surface area contributed by atoms with Gasteiger partial charge in [0.05, 0.1) is 11.7 Å². The Balaban J connectivity index is 2.14. The fourth-order valence-corrected chi connectivity index (χ4v) is 5.06. The number of nitrogens with one attached hydrogen (secondary N) is 1. The van der Waals surface area contributed by atoms with Gasteiger partial charge in [0.1, 0.15) is 15.9 Å². The number of aromatic nitrogens is 2. The number of hydrogen-bond acceptors (Lipinski definition) is 6. The minimum absolute atomic E-state index is 0.249. The third kappa shape index (κ3) is 2.12. The number of piperazine rings is 1. The second-order valence-electron chi connectivity index (χ2n) is 5.45. The average Bonchev–Trinajstić information content (AvgIpc) is 2.85. The molecule has 0 atom stereocenters. The summed E-state index contributed by atoms with van der Waals surface area (Å²) in [6.07, 6.45) is 0. The number of fused-ring (bicyclic) bond motifs is 1. The van der Waals surface area contributed by atoms with Crippen LogP contribution in [0, 0.1) is 0 Å². The quantitative estimate of drug-likeness (QED) is 0.897. The van der Waals surface area contributed by atoms with Crippen molar-refractivity contribution < 1.29 is 8.42 Å². The van der Waals surface area contributed by atoms with Crippen LogP contribution in [0.1, 0.15) is 13.8 Å². The molecular formula is C12H16N4O2S2. The van der Waals surface area contributed by atoms with E-state index in [1.165, 1.54) is 0 Å². The maximum atomic E-state index is 12.9. The lowest BCUT2D eigenvalue weighted by Crippen LogP contribution is -2.59. The minimum Gasteiger partial charge on any atom is -0.314 e. The maximum Gasteiger partial charge on any atom is 0.245 e. The van der Waals surface area contributed by atoms with Crippen LogP contribution in [0.4, 0.5) is 0 Å². The summed E-state index contributed by atoms with van der Waals surface area (Å²) in [6.45, 7) is 5.61. The summed E-state index contributed by atoms with van der Waals surface area (Å²) in [5.41, 5.74) is 0.638. The molecule has 2 heterocycles. The van der Waals surface area contributed by atoms with Crippen molar-refractivity contribution >= 4 is 32.8 Å². The smallest absolute Gasteiger partial charge is 0.245 e. The zero-order chi connectivity index (χ0) is 14.4. The van der Waals surface area contributed by atoms with E-state index in [2.05, 4.69) is 14.1 Å². The van der Waals surface area contributed by atoms with E-state index in [1.54, 1.807) is 22.5 Å². The molecule has 20 heavy (non-hydrogen) atoms. The van der Waals surface area contributed by atoms with Gasteiger partial charge in [-0.25, -0.2) is 8.42 Å². The van der Waals surface area contributed by atoms with Gasteiger partial charge in [-0.3, -0.25) is 0 Å². The van der Waals surface area contributed by atoms with Gasteiger partial charge in [0.25, 0.3) is 0 Å². The van der Waals surface area contributed by atoms with Crippen LogP contribution in [0.15, 0.2) is 23.1 Å². The van der Waals surface area contributed by atoms with Crippen LogP contribution in [0.2, 0.25) is 0 Å². The molecule has 0 radical (unpaired) electrons. The van der Waals surface area contributed by atoms with Gasteiger partial charge < -0.3 is 5.32 Å². The van der Waals surface area contributed by atoms with E-state index in [-0.39, 0.29) is 4.90 Å². The van der Waals surface area contributed by atoms with Crippen molar-refractivity contribution in [1.29, 1.82) is 0 Å². The van der Waals surface area contributed by atoms with Crippen LogP contribution in [0.25, 0.3) is 11.0 Å². The normalized spacial score (nSPS) is 20.3. The number of rotatable bonds is 2. The van der Waals surface area contributed by atoms with Gasteiger partial charge in [-0.2, -0.15) is 13.1 Å². The van der Waals surface area contributed by atoms with E-state index in [0.29, 0.717) is 30.7 Å². The highest BCUT2D eigenvalue weighted by atomic mass is 32.2. The highest BCUT2D eigenvalue weighted by molar-refractivity contribution is 7.89. The summed E-state index contributed by atoms with van der Waals surface area (Å²) in [6, 6.07) is 5.10. The first-order valence-corrected chi connectivity index (χ1v) is 8.55. The maximum absolute atomic E-state index is 12.9. The third-order valence-corrected chi connectivity index (χ3v) is 6.23. The van der Waals surface area contributed by atoms with Crippen LogP contribution < -0.4 is 5.32 Å². The summed E-state index contributed by atoms with van der Waals surface area (Å²) >= 11 is 1.03. The summed E-state index contributed by atoms with van der Waals surface area (Å²) < 4.78 is 35.7. The molecule has 1 aliphatic heterocycles. The van der Waals surface area contributed by atoms with Crippen LogP contribution >= 0.6 is 11.7 Å². The SMILES string of the molecule is CC1(C)CNCCN1S(=O)(=O)c1cccc2nsnc12. The van der Waals surface area contributed by atoms with Gasteiger partial charge in [0.15, 0.2) is 0 Å².